The highest BCUT2D eigenvalue weighted by Crippen LogP contribution is 2.34. The molecule has 0 N–H and O–H groups in total. The third-order valence-corrected chi connectivity index (χ3v) is 6.57. The Balaban J connectivity index is 1.43. The number of alkyl halides is 2. The molecule has 5 rings (SSSR count). The van der Waals surface area contributed by atoms with Crippen LogP contribution in [0, 0.1) is 0 Å². The van der Waals surface area contributed by atoms with E-state index in [-0.39, 0.29) is 19.0 Å². The van der Waals surface area contributed by atoms with E-state index in [1.54, 1.807) is 30.7 Å². The topological polar surface area (TPSA) is 89.3 Å². The number of halogens is 3. The largest absolute Gasteiger partial charge is 0.440 e. The Morgan fingerprint density at radius 1 is 1.14 bits per heavy atom. The zero-order valence-corrected chi connectivity index (χ0v) is 19.6. The Labute approximate surface area is 205 Å². The number of benzene rings is 1. The number of ether oxygens (including phenoxy) is 1. The van der Waals surface area contributed by atoms with Crippen molar-refractivity contribution in [1.82, 2.24) is 29.6 Å². The molecule has 0 saturated carbocycles. The summed E-state index contributed by atoms with van der Waals surface area (Å²) < 4.78 is 32.9. The van der Waals surface area contributed by atoms with Gasteiger partial charge in [0.2, 0.25) is 0 Å². The quantitative estimate of drug-likeness (QED) is 0.522. The van der Waals surface area contributed by atoms with Gasteiger partial charge in [-0.25, -0.2) is 18.6 Å². The van der Waals surface area contributed by atoms with E-state index in [0.717, 1.165) is 48.8 Å². The Kier molecular flexibility index (Phi) is 6.76. The van der Waals surface area contributed by atoms with E-state index in [2.05, 4.69) is 25.1 Å². The van der Waals surface area contributed by atoms with Gasteiger partial charge in [0.15, 0.2) is 11.9 Å². The summed E-state index contributed by atoms with van der Waals surface area (Å²) in [5.41, 5.74) is 1.59. The first-order valence-corrected chi connectivity index (χ1v) is 11.8. The van der Waals surface area contributed by atoms with E-state index in [1.807, 2.05) is 10.6 Å². The molecule has 1 aromatic carbocycles. The van der Waals surface area contributed by atoms with Crippen LogP contribution in [0.15, 0.2) is 36.8 Å². The van der Waals surface area contributed by atoms with Gasteiger partial charge in [-0.05, 0) is 36.6 Å². The van der Waals surface area contributed by atoms with E-state index in [1.165, 1.54) is 4.90 Å². The number of rotatable bonds is 5. The summed E-state index contributed by atoms with van der Waals surface area (Å²) in [5.74, 6) is 2.35. The Morgan fingerprint density at radius 3 is 2.66 bits per heavy atom. The molecule has 2 aromatic heterocycles. The van der Waals surface area contributed by atoms with Crippen LogP contribution in [0.25, 0.3) is 5.69 Å². The van der Waals surface area contributed by atoms with Gasteiger partial charge in [0.05, 0.1) is 25.0 Å². The second-order valence-electron chi connectivity index (χ2n) is 8.58. The molecular formula is C23H24ClF2N7O2. The average Bonchev–Trinajstić information content (AvgIpc) is 3.23. The van der Waals surface area contributed by atoms with E-state index in [9.17, 15) is 13.6 Å². The van der Waals surface area contributed by atoms with Crippen molar-refractivity contribution in [2.75, 3.05) is 31.3 Å². The average molecular weight is 504 g/mol. The Bertz CT molecular complexity index is 1180. The highest BCUT2D eigenvalue weighted by Gasteiger charge is 2.32. The molecule has 9 nitrogen and oxygen atoms in total. The van der Waals surface area contributed by atoms with Crippen molar-refractivity contribution >= 4 is 23.5 Å². The van der Waals surface area contributed by atoms with E-state index < -0.39 is 25.5 Å². The minimum Gasteiger partial charge on any atom is -0.440 e. The van der Waals surface area contributed by atoms with Crippen molar-refractivity contribution in [3.05, 3.63) is 59.0 Å². The molecular weight excluding hydrogens is 480 g/mol. The molecule has 1 fully saturated rings. The van der Waals surface area contributed by atoms with Gasteiger partial charge >= 0.3 is 6.09 Å². The van der Waals surface area contributed by atoms with Gasteiger partial charge in [-0.2, -0.15) is 0 Å². The van der Waals surface area contributed by atoms with Crippen LogP contribution < -0.4 is 4.90 Å². The maximum Gasteiger partial charge on any atom is 0.410 e. The summed E-state index contributed by atoms with van der Waals surface area (Å²) in [6.07, 6.45) is 4.54. The second-order valence-corrected chi connectivity index (χ2v) is 9.01. The Morgan fingerprint density at radius 2 is 1.94 bits per heavy atom. The number of anilines is 1. The predicted molar refractivity (Wildman–Crippen MR) is 124 cm³/mol. The molecule has 12 heteroatoms. The van der Waals surface area contributed by atoms with Gasteiger partial charge < -0.3 is 9.64 Å². The lowest BCUT2D eigenvalue weighted by Gasteiger charge is -2.32. The molecule has 2 aliphatic rings. The third kappa shape index (κ3) is 4.77. The molecule has 1 amide bonds. The second kappa shape index (κ2) is 10.1. The maximum absolute atomic E-state index is 13.0. The van der Waals surface area contributed by atoms with E-state index in [0.29, 0.717) is 10.8 Å². The number of aromatic nitrogens is 5. The van der Waals surface area contributed by atoms with Crippen LogP contribution in [0.5, 0.6) is 0 Å². The van der Waals surface area contributed by atoms with Crippen LogP contribution in [0.3, 0.4) is 0 Å². The van der Waals surface area contributed by atoms with Crippen molar-refractivity contribution in [3.63, 3.8) is 0 Å². The molecule has 0 radical (unpaired) electrons. The summed E-state index contributed by atoms with van der Waals surface area (Å²) in [7, 11) is 0. The third-order valence-electron chi connectivity index (χ3n) is 6.33. The van der Waals surface area contributed by atoms with Gasteiger partial charge in [-0.1, -0.05) is 11.6 Å². The number of amides is 1. The van der Waals surface area contributed by atoms with Gasteiger partial charge in [-0.15, -0.1) is 10.2 Å². The molecule has 2 aliphatic heterocycles. The van der Waals surface area contributed by atoms with Crippen LogP contribution >= 0.6 is 11.6 Å². The highest BCUT2D eigenvalue weighted by molar-refractivity contribution is 6.30. The van der Waals surface area contributed by atoms with Crippen LogP contribution in [0.4, 0.5) is 19.4 Å². The van der Waals surface area contributed by atoms with E-state index >= 15 is 0 Å². The molecule has 4 heterocycles. The number of fused-ring (bicyclic) bond motifs is 3. The molecule has 3 aromatic rings. The molecule has 0 spiro atoms. The Hall–Kier alpha value is -3.34. The van der Waals surface area contributed by atoms with E-state index in [4.69, 9.17) is 16.3 Å². The summed E-state index contributed by atoms with van der Waals surface area (Å²) >= 11 is 6.26. The standard InChI is InChI=1S/C23H24ClF2N7O2/c24-17-1-2-19-16(9-17)13-32(23(34)35-18(10-25)11-26)14-21-29-30-22(33(19)21)15-3-7-31(8-4-15)20-12-27-5-6-28-20/h1-2,5-6,9,12,15,18H,3-4,7-8,10-11,13-14H2. The normalized spacial score (nSPS) is 16.1. The lowest BCUT2D eigenvalue weighted by molar-refractivity contribution is 0.0354. The molecule has 0 aliphatic carbocycles. The first-order valence-electron chi connectivity index (χ1n) is 11.4. The fourth-order valence-electron chi connectivity index (χ4n) is 4.56. The fraction of sp³-hybridized carbons (Fsp3) is 0.435. The van der Waals surface area contributed by atoms with Crippen LogP contribution in [0.1, 0.15) is 36.0 Å². The smallest absolute Gasteiger partial charge is 0.410 e. The molecule has 1 saturated heterocycles. The number of hydrogen-bond donors (Lipinski definition) is 0. The summed E-state index contributed by atoms with van der Waals surface area (Å²) in [4.78, 5) is 24.8. The summed E-state index contributed by atoms with van der Waals surface area (Å²) in [5, 5.41) is 9.40. The van der Waals surface area contributed by atoms with Gasteiger partial charge in [0.25, 0.3) is 0 Å². The van der Waals surface area contributed by atoms with Crippen LogP contribution in [-0.2, 0) is 17.8 Å². The first-order chi connectivity index (χ1) is 17.1. The van der Waals surface area contributed by atoms with Gasteiger partial charge in [0, 0.05) is 36.4 Å². The summed E-state index contributed by atoms with van der Waals surface area (Å²) in [6.45, 7) is -0.343. The van der Waals surface area contributed by atoms with Crippen molar-refractivity contribution in [3.8, 4) is 5.69 Å². The minimum atomic E-state index is -1.43. The molecule has 0 unspecified atom stereocenters. The number of hydrogen-bond acceptors (Lipinski definition) is 7. The fourth-order valence-corrected chi connectivity index (χ4v) is 4.76. The number of carbonyl (C=O) groups is 1. The lowest BCUT2D eigenvalue weighted by Crippen LogP contribution is -2.35. The maximum atomic E-state index is 13.0. The zero-order chi connectivity index (χ0) is 24.4. The lowest BCUT2D eigenvalue weighted by atomic mass is 9.95. The van der Waals surface area contributed by atoms with Crippen molar-refractivity contribution < 1.29 is 18.3 Å². The monoisotopic (exact) mass is 503 g/mol. The number of carbonyl (C=O) groups excluding carboxylic acids is 1. The number of piperidine rings is 1. The molecule has 184 valence electrons. The minimum absolute atomic E-state index is 0.0852. The van der Waals surface area contributed by atoms with Crippen molar-refractivity contribution in [2.45, 2.75) is 38.0 Å². The summed E-state index contributed by atoms with van der Waals surface area (Å²) in [6, 6.07) is 5.43. The van der Waals surface area contributed by atoms with Crippen LogP contribution in [-0.4, -0.2) is 68.3 Å². The van der Waals surface area contributed by atoms with Crippen molar-refractivity contribution in [1.29, 1.82) is 0 Å². The molecule has 35 heavy (non-hydrogen) atoms. The number of nitrogens with zero attached hydrogens (tertiary/aromatic N) is 7. The molecule has 0 bridgehead atoms. The van der Waals surface area contributed by atoms with Gasteiger partial charge in [-0.3, -0.25) is 14.5 Å². The SMILES string of the molecule is O=C(OC(CF)CF)N1Cc2cc(Cl)ccc2-n2c(nnc2C2CCN(c3cnccn3)CC2)C1. The van der Waals surface area contributed by atoms with Crippen LogP contribution in [0.2, 0.25) is 5.02 Å². The molecule has 0 atom stereocenters. The van der Waals surface area contributed by atoms with Crippen molar-refractivity contribution in [2.24, 2.45) is 0 Å². The first kappa shape index (κ1) is 23.4. The highest BCUT2D eigenvalue weighted by atomic mass is 35.5. The van der Waals surface area contributed by atoms with Gasteiger partial charge in [0.1, 0.15) is 25.0 Å². The predicted octanol–water partition coefficient (Wildman–Crippen LogP) is 3.85. The zero-order valence-electron chi connectivity index (χ0n) is 18.9.